The van der Waals surface area contributed by atoms with Gasteiger partial charge in [0.2, 0.25) is 0 Å². The molecule has 0 saturated carbocycles. The number of hydrogen-bond donors (Lipinski definition) is 3. The third-order valence-electron chi connectivity index (χ3n) is 2.35. The summed E-state index contributed by atoms with van der Waals surface area (Å²) in [6.07, 6.45) is -3.37. The molecule has 5 nitrogen and oxygen atoms in total. The van der Waals surface area contributed by atoms with Crippen LogP contribution in [0.3, 0.4) is 0 Å². The number of aliphatic hydroxyl groups excluding tert-OH is 3. The highest BCUT2D eigenvalue weighted by Gasteiger charge is 2.44. The van der Waals surface area contributed by atoms with Crippen LogP contribution in [0.5, 0.6) is 0 Å². The van der Waals surface area contributed by atoms with Crippen LogP contribution >= 0.6 is 0 Å². The van der Waals surface area contributed by atoms with E-state index in [1.54, 1.807) is 6.92 Å². The molecule has 0 aromatic carbocycles. The van der Waals surface area contributed by atoms with Crippen LogP contribution in [0.15, 0.2) is 0 Å². The van der Waals surface area contributed by atoms with E-state index in [0.717, 1.165) is 0 Å². The molecule has 0 aromatic rings. The van der Waals surface area contributed by atoms with Crippen LogP contribution in [0.2, 0.25) is 0 Å². The van der Waals surface area contributed by atoms with Crippen molar-refractivity contribution in [2.45, 2.75) is 37.4 Å². The summed E-state index contributed by atoms with van der Waals surface area (Å²) in [6.45, 7) is 1.30. The van der Waals surface area contributed by atoms with Crippen LogP contribution in [-0.4, -0.2) is 59.6 Å². The summed E-state index contributed by atoms with van der Waals surface area (Å²) in [5.41, 5.74) is 0. The first-order valence-corrected chi connectivity index (χ1v) is 4.27. The summed E-state index contributed by atoms with van der Waals surface area (Å²) in [7, 11) is 1.44. The standard InChI is InChI=1S/C8H16O5/c1-4-6(11)8(12-2)7(13-4)5(10)3-9/h4-11H,3H2,1-2H3/t4-,5-,6?,7+,8+/m1/s1. The van der Waals surface area contributed by atoms with Crippen LogP contribution in [-0.2, 0) is 9.47 Å². The van der Waals surface area contributed by atoms with Crippen molar-refractivity contribution in [1.82, 2.24) is 0 Å². The van der Waals surface area contributed by atoms with Crippen molar-refractivity contribution < 1.29 is 24.8 Å². The summed E-state index contributed by atoms with van der Waals surface area (Å²) in [5.74, 6) is 0. The first-order chi connectivity index (χ1) is 6.11. The first kappa shape index (κ1) is 10.9. The van der Waals surface area contributed by atoms with E-state index >= 15 is 0 Å². The maximum absolute atomic E-state index is 9.53. The van der Waals surface area contributed by atoms with Crippen molar-refractivity contribution in [3.63, 3.8) is 0 Å². The molecule has 3 N–H and O–H groups in total. The lowest BCUT2D eigenvalue weighted by molar-refractivity contribution is -0.0877. The lowest BCUT2D eigenvalue weighted by Gasteiger charge is -2.21. The van der Waals surface area contributed by atoms with E-state index in [1.807, 2.05) is 0 Å². The molecule has 5 atom stereocenters. The quantitative estimate of drug-likeness (QED) is 0.507. The third-order valence-corrected chi connectivity index (χ3v) is 2.35. The molecule has 0 radical (unpaired) electrons. The number of rotatable bonds is 3. The zero-order valence-electron chi connectivity index (χ0n) is 7.75. The Hall–Kier alpha value is -0.200. The van der Waals surface area contributed by atoms with Gasteiger partial charge in [-0.15, -0.1) is 0 Å². The second-order valence-electron chi connectivity index (χ2n) is 3.25. The lowest BCUT2D eigenvalue weighted by atomic mass is 10.0. The van der Waals surface area contributed by atoms with E-state index < -0.39 is 31.0 Å². The van der Waals surface area contributed by atoms with E-state index in [1.165, 1.54) is 7.11 Å². The predicted octanol–water partition coefficient (Wildman–Crippen LogP) is -1.50. The van der Waals surface area contributed by atoms with Gasteiger partial charge < -0.3 is 24.8 Å². The average Bonchev–Trinajstić information content (AvgIpc) is 2.42. The maximum atomic E-state index is 9.53. The second kappa shape index (κ2) is 4.34. The molecule has 1 heterocycles. The maximum Gasteiger partial charge on any atom is 0.115 e. The molecule has 13 heavy (non-hydrogen) atoms. The van der Waals surface area contributed by atoms with Crippen molar-refractivity contribution in [3.8, 4) is 0 Å². The van der Waals surface area contributed by atoms with Gasteiger partial charge in [0.1, 0.15) is 24.4 Å². The van der Waals surface area contributed by atoms with E-state index in [2.05, 4.69) is 0 Å². The summed E-state index contributed by atoms with van der Waals surface area (Å²) in [5, 5.41) is 27.6. The van der Waals surface area contributed by atoms with Crippen molar-refractivity contribution in [2.24, 2.45) is 0 Å². The Morgan fingerprint density at radius 3 is 2.62 bits per heavy atom. The normalized spacial score (nSPS) is 42.2. The molecule has 1 aliphatic heterocycles. The largest absolute Gasteiger partial charge is 0.394 e. The highest BCUT2D eigenvalue weighted by atomic mass is 16.6. The molecular weight excluding hydrogens is 176 g/mol. The van der Waals surface area contributed by atoms with Gasteiger partial charge in [-0.3, -0.25) is 0 Å². The Morgan fingerprint density at radius 2 is 2.15 bits per heavy atom. The van der Waals surface area contributed by atoms with Gasteiger partial charge in [0.25, 0.3) is 0 Å². The first-order valence-electron chi connectivity index (χ1n) is 4.27. The molecule has 1 saturated heterocycles. The minimum atomic E-state index is -1.01. The van der Waals surface area contributed by atoms with Crippen LogP contribution in [0.25, 0.3) is 0 Å². The number of hydrogen-bond acceptors (Lipinski definition) is 5. The zero-order valence-corrected chi connectivity index (χ0v) is 7.75. The molecule has 0 amide bonds. The number of ether oxygens (including phenoxy) is 2. The molecule has 0 aliphatic carbocycles. The monoisotopic (exact) mass is 192 g/mol. The smallest absolute Gasteiger partial charge is 0.115 e. The Kier molecular flexibility index (Phi) is 3.63. The van der Waals surface area contributed by atoms with Crippen LogP contribution in [0.1, 0.15) is 6.92 Å². The molecule has 78 valence electrons. The van der Waals surface area contributed by atoms with Gasteiger partial charge in [0, 0.05) is 7.11 Å². The minimum absolute atomic E-state index is 0.379. The Labute approximate surface area is 76.9 Å². The van der Waals surface area contributed by atoms with Crippen LogP contribution in [0.4, 0.5) is 0 Å². The van der Waals surface area contributed by atoms with E-state index in [-0.39, 0.29) is 6.10 Å². The highest BCUT2D eigenvalue weighted by molar-refractivity contribution is 4.92. The summed E-state index contributed by atoms with van der Waals surface area (Å²) in [4.78, 5) is 0. The fraction of sp³-hybridized carbons (Fsp3) is 1.00. The van der Waals surface area contributed by atoms with Gasteiger partial charge in [-0.25, -0.2) is 0 Å². The summed E-state index contributed by atoms with van der Waals surface area (Å²) < 4.78 is 10.2. The summed E-state index contributed by atoms with van der Waals surface area (Å²) in [6, 6.07) is 0. The molecular formula is C8H16O5. The van der Waals surface area contributed by atoms with Crippen LogP contribution in [0, 0.1) is 0 Å². The molecule has 0 aromatic heterocycles. The van der Waals surface area contributed by atoms with Crippen LogP contribution < -0.4 is 0 Å². The minimum Gasteiger partial charge on any atom is -0.394 e. The van der Waals surface area contributed by atoms with Gasteiger partial charge in [0.15, 0.2) is 0 Å². The van der Waals surface area contributed by atoms with Crippen molar-refractivity contribution in [1.29, 1.82) is 0 Å². The Bertz CT molecular complexity index is 163. The highest BCUT2D eigenvalue weighted by Crippen LogP contribution is 2.25. The summed E-state index contributed by atoms with van der Waals surface area (Å²) >= 11 is 0. The Balaban J connectivity index is 2.64. The predicted molar refractivity (Wildman–Crippen MR) is 44.2 cm³/mol. The molecule has 1 rings (SSSR count). The van der Waals surface area contributed by atoms with Crippen molar-refractivity contribution in [3.05, 3.63) is 0 Å². The fourth-order valence-corrected chi connectivity index (χ4v) is 1.55. The van der Waals surface area contributed by atoms with E-state index in [0.29, 0.717) is 0 Å². The molecule has 0 bridgehead atoms. The van der Waals surface area contributed by atoms with Gasteiger partial charge in [-0.2, -0.15) is 0 Å². The Morgan fingerprint density at radius 1 is 1.54 bits per heavy atom. The van der Waals surface area contributed by atoms with Crippen molar-refractivity contribution >= 4 is 0 Å². The zero-order chi connectivity index (χ0) is 10.0. The SMILES string of the molecule is CO[C@H]1C(O)[C@@H](C)O[C@H]1[C@H](O)CO. The van der Waals surface area contributed by atoms with Gasteiger partial charge in [0.05, 0.1) is 12.7 Å². The van der Waals surface area contributed by atoms with Gasteiger partial charge in [-0.05, 0) is 6.92 Å². The topological polar surface area (TPSA) is 79.2 Å². The van der Waals surface area contributed by atoms with E-state index in [9.17, 15) is 10.2 Å². The molecule has 0 spiro atoms. The lowest BCUT2D eigenvalue weighted by Crippen LogP contribution is -2.41. The molecule has 5 heteroatoms. The van der Waals surface area contributed by atoms with Gasteiger partial charge in [-0.1, -0.05) is 0 Å². The fourth-order valence-electron chi connectivity index (χ4n) is 1.55. The molecule has 1 aliphatic rings. The number of aliphatic hydroxyl groups is 3. The average molecular weight is 192 g/mol. The van der Waals surface area contributed by atoms with Crippen molar-refractivity contribution in [2.75, 3.05) is 13.7 Å². The number of methoxy groups -OCH3 is 1. The third kappa shape index (κ3) is 2.00. The molecule has 1 fully saturated rings. The van der Waals surface area contributed by atoms with Gasteiger partial charge >= 0.3 is 0 Å². The second-order valence-corrected chi connectivity index (χ2v) is 3.25. The molecule has 1 unspecified atom stereocenters. The van der Waals surface area contributed by atoms with E-state index in [4.69, 9.17) is 14.6 Å².